The number of fused-ring (bicyclic) bond motifs is 1. The number of aliphatic hydroxyl groups is 1. The van der Waals surface area contributed by atoms with Crippen molar-refractivity contribution in [3.05, 3.63) is 35.9 Å². The number of rotatable bonds is 4. The lowest BCUT2D eigenvalue weighted by Gasteiger charge is -2.34. The van der Waals surface area contributed by atoms with Gasteiger partial charge < -0.3 is 10.2 Å². The van der Waals surface area contributed by atoms with Crippen LogP contribution in [0.5, 0.6) is 0 Å². The molecule has 1 saturated heterocycles. The van der Waals surface area contributed by atoms with Crippen molar-refractivity contribution in [2.45, 2.75) is 50.3 Å². The number of carbonyl (C=O) groups is 1. The summed E-state index contributed by atoms with van der Waals surface area (Å²) in [7, 11) is 0. The van der Waals surface area contributed by atoms with Gasteiger partial charge in [0.1, 0.15) is 6.04 Å². The first-order valence-electron chi connectivity index (χ1n) is 7.88. The van der Waals surface area contributed by atoms with Gasteiger partial charge in [0.25, 0.3) is 0 Å². The molecular formula is C17H23NO3. The van der Waals surface area contributed by atoms with E-state index in [0.29, 0.717) is 18.5 Å². The van der Waals surface area contributed by atoms with Crippen LogP contribution < -0.4 is 0 Å². The van der Waals surface area contributed by atoms with Gasteiger partial charge in [0.15, 0.2) is 0 Å². The Morgan fingerprint density at radius 3 is 2.67 bits per heavy atom. The van der Waals surface area contributed by atoms with Gasteiger partial charge in [0.2, 0.25) is 0 Å². The molecule has 0 radical (unpaired) electrons. The van der Waals surface area contributed by atoms with Crippen LogP contribution in [-0.4, -0.2) is 39.7 Å². The van der Waals surface area contributed by atoms with Crippen molar-refractivity contribution in [2.24, 2.45) is 5.92 Å². The van der Waals surface area contributed by atoms with E-state index in [1.54, 1.807) is 0 Å². The Morgan fingerprint density at radius 2 is 1.95 bits per heavy atom. The summed E-state index contributed by atoms with van der Waals surface area (Å²) in [5.74, 6) is -0.257. The Labute approximate surface area is 125 Å². The summed E-state index contributed by atoms with van der Waals surface area (Å²) in [6, 6.07) is 9.42. The maximum absolute atomic E-state index is 11.6. The fraction of sp³-hybridized carbons (Fsp3) is 0.588. The number of hydrogen-bond donors (Lipinski definition) is 2. The van der Waals surface area contributed by atoms with Crippen molar-refractivity contribution >= 4 is 5.97 Å². The Kier molecular flexibility index (Phi) is 4.27. The summed E-state index contributed by atoms with van der Waals surface area (Å²) in [5.41, 5.74) is 0.862. The summed E-state index contributed by atoms with van der Waals surface area (Å²) in [6.45, 7) is 0.419. The molecule has 21 heavy (non-hydrogen) atoms. The SMILES string of the molecule is O=C(O)C1CC2CCCCC2N1CC(O)c1ccccc1. The first kappa shape index (κ1) is 14.5. The summed E-state index contributed by atoms with van der Waals surface area (Å²) in [5, 5.41) is 19.9. The van der Waals surface area contributed by atoms with Crippen molar-refractivity contribution in [3.8, 4) is 0 Å². The summed E-state index contributed by atoms with van der Waals surface area (Å²) in [6.07, 6.45) is 4.70. The molecule has 1 saturated carbocycles. The molecule has 2 aliphatic rings. The Morgan fingerprint density at radius 1 is 1.24 bits per heavy atom. The van der Waals surface area contributed by atoms with Crippen LogP contribution in [0.3, 0.4) is 0 Å². The van der Waals surface area contributed by atoms with Crippen molar-refractivity contribution in [2.75, 3.05) is 6.54 Å². The van der Waals surface area contributed by atoms with Gasteiger partial charge in [-0.25, -0.2) is 0 Å². The van der Waals surface area contributed by atoms with E-state index in [9.17, 15) is 15.0 Å². The smallest absolute Gasteiger partial charge is 0.320 e. The first-order valence-corrected chi connectivity index (χ1v) is 7.88. The molecule has 0 aromatic heterocycles. The number of β-amino-alcohol motifs (C(OH)–C–C–N with tert-alkyl or cyclic N) is 1. The normalized spacial score (nSPS) is 30.8. The highest BCUT2D eigenvalue weighted by Gasteiger charge is 2.45. The standard InChI is InChI=1S/C17H23NO3/c19-16(12-6-2-1-3-7-12)11-18-14-9-5-4-8-13(14)10-15(18)17(20)21/h1-3,6-7,13-16,19H,4-5,8-11H2,(H,20,21). The number of likely N-dealkylation sites (tertiary alicyclic amines) is 1. The number of carboxylic acid groups (broad SMARTS) is 1. The van der Waals surface area contributed by atoms with Gasteiger partial charge in [-0.3, -0.25) is 9.69 Å². The number of aliphatic carboxylic acids is 1. The van der Waals surface area contributed by atoms with Crippen molar-refractivity contribution in [1.29, 1.82) is 0 Å². The zero-order valence-corrected chi connectivity index (χ0v) is 12.2. The highest BCUT2D eigenvalue weighted by atomic mass is 16.4. The fourth-order valence-electron chi connectivity index (χ4n) is 4.04. The quantitative estimate of drug-likeness (QED) is 0.893. The zero-order chi connectivity index (χ0) is 14.8. The van der Waals surface area contributed by atoms with E-state index in [4.69, 9.17) is 0 Å². The number of carboxylic acids is 1. The summed E-state index contributed by atoms with van der Waals surface area (Å²) < 4.78 is 0. The molecule has 0 spiro atoms. The summed E-state index contributed by atoms with van der Waals surface area (Å²) >= 11 is 0. The lowest BCUT2D eigenvalue weighted by atomic mass is 9.84. The monoisotopic (exact) mass is 289 g/mol. The van der Waals surface area contributed by atoms with E-state index < -0.39 is 18.1 Å². The molecule has 1 aliphatic carbocycles. The molecule has 1 aliphatic heterocycles. The third-order valence-electron chi connectivity index (χ3n) is 5.07. The second-order valence-electron chi connectivity index (χ2n) is 6.32. The maximum atomic E-state index is 11.6. The van der Waals surface area contributed by atoms with Gasteiger partial charge in [-0.05, 0) is 30.7 Å². The van der Waals surface area contributed by atoms with E-state index in [1.165, 1.54) is 12.8 Å². The molecule has 1 aromatic carbocycles. The molecule has 0 amide bonds. The van der Waals surface area contributed by atoms with Crippen LogP contribution in [0.2, 0.25) is 0 Å². The highest BCUT2D eigenvalue weighted by Crippen LogP contribution is 2.40. The lowest BCUT2D eigenvalue weighted by Crippen LogP contribution is -2.44. The van der Waals surface area contributed by atoms with Gasteiger partial charge in [-0.2, -0.15) is 0 Å². The van der Waals surface area contributed by atoms with Gasteiger partial charge >= 0.3 is 5.97 Å². The molecule has 1 aromatic rings. The molecular weight excluding hydrogens is 266 g/mol. The number of nitrogens with zero attached hydrogens (tertiary/aromatic N) is 1. The van der Waals surface area contributed by atoms with Gasteiger partial charge in [-0.1, -0.05) is 43.2 Å². The van der Waals surface area contributed by atoms with E-state index in [0.717, 1.165) is 24.8 Å². The van der Waals surface area contributed by atoms with Crippen LogP contribution >= 0.6 is 0 Å². The molecule has 3 rings (SSSR count). The number of aliphatic hydroxyl groups excluding tert-OH is 1. The van der Waals surface area contributed by atoms with Crippen LogP contribution in [-0.2, 0) is 4.79 Å². The molecule has 2 N–H and O–H groups in total. The molecule has 114 valence electrons. The predicted molar refractivity (Wildman–Crippen MR) is 79.9 cm³/mol. The minimum atomic E-state index is -0.746. The summed E-state index contributed by atoms with van der Waals surface area (Å²) in [4.78, 5) is 13.6. The van der Waals surface area contributed by atoms with E-state index in [1.807, 2.05) is 35.2 Å². The van der Waals surface area contributed by atoms with Crippen molar-refractivity contribution < 1.29 is 15.0 Å². The van der Waals surface area contributed by atoms with E-state index in [-0.39, 0.29) is 0 Å². The van der Waals surface area contributed by atoms with Crippen LogP contribution in [0, 0.1) is 5.92 Å². The van der Waals surface area contributed by atoms with Gasteiger partial charge in [0, 0.05) is 12.6 Å². The second-order valence-corrected chi connectivity index (χ2v) is 6.32. The van der Waals surface area contributed by atoms with Gasteiger partial charge in [0.05, 0.1) is 6.10 Å². The molecule has 1 heterocycles. The fourth-order valence-corrected chi connectivity index (χ4v) is 4.04. The number of hydrogen-bond acceptors (Lipinski definition) is 3. The first-order chi connectivity index (χ1) is 10.2. The van der Waals surface area contributed by atoms with Crippen LogP contribution in [0.1, 0.15) is 43.8 Å². The second kappa shape index (κ2) is 6.16. The lowest BCUT2D eigenvalue weighted by molar-refractivity contribution is -0.143. The average Bonchev–Trinajstić information content (AvgIpc) is 2.87. The molecule has 4 nitrogen and oxygen atoms in total. The number of benzene rings is 1. The van der Waals surface area contributed by atoms with Crippen LogP contribution in [0.4, 0.5) is 0 Å². The van der Waals surface area contributed by atoms with Crippen molar-refractivity contribution in [1.82, 2.24) is 4.90 Å². The predicted octanol–water partition coefficient (Wildman–Crippen LogP) is 2.44. The third kappa shape index (κ3) is 2.97. The van der Waals surface area contributed by atoms with E-state index in [2.05, 4.69) is 0 Å². The van der Waals surface area contributed by atoms with Crippen molar-refractivity contribution in [3.63, 3.8) is 0 Å². The Balaban J connectivity index is 1.76. The average molecular weight is 289 g/mol. The third-order valence-corrected chi connectivity index (χ3v) is 5.07. The van der Waals surface area contributed by atoms with Gasteiger partial charge in [-0.15, -0.1) is 0 Å². The minimum Gasteiger partial charge on any atom is -0.480 e. The molecule has 4 unspecified atom stereocenters. The van der Waals surface area contributed by atoms with E-state index >= 15 is 0 Å². The molecule has 4 atom stereocenters. The zero-order valence-electron chi connectivity index (χ0n) is 12.2. The molecule has 2 fully saturated rings. The molecule has 4 heteroatoms. The Bertz CT molecular complexity index is 490. The minimum absolute atomic E-state index is 0.332. The Hall–Kier alpha value is -1.39. The largest absolute Gasteiger partial charge is 0.480 e. The van der Waals surface area contributed by atoms with Crippen LogP contribution in [0.15, 0.2) is 30.3 Å². The van der Waals surface area contributed by atoms with Crippen LogP contribution in [0.25, 0.3) is 0 Å². The molecule has 0 bridgehead atoms. The maximum Gasteiger partial charge on any atom is 0.320 e. The topological polar surface area (TPSA) is 60.8 Å². The highest BCUT2D eigenvalue weighted by molar-refractivity contribution is 5.74.